The molecule has 7 nitrogen and oxygen atoms in total. The summed E-state index contributed by atoms with van der Waals surface area (Å²) < 4.78 is 1.97. The standard InChI is InChI=1S/C17H25N5O2S2/c1-11(13(23)21-9-7-5-6-8-10-21)25-16-20-22-14(24)12(17(2,3)4)18-19-15(22)26-16/h11H,5-10H2,1-4H3. The molecule has 0 bridgehead atoms. The molecule has 0 saturated carbocycles. The molecule has 0 aromatic carbocycles. The summed E-state index contributed by atoms with van der Waals surface area (Å²) in [4.78, 5) is 27.7. The van der Waals surface area contributed by atoms with Crippen LogP contribution in [0.5, 0.6) is 0 Å². The number of rotatable bonds is 3. The zero-order valence-corrected chi connectivity index (χ0v) is 17.3. The van der Waals surface area contributed by atoms with Crippen LogP contribution in [0.4, 0.5) is 0 Å². The molecule has 1 aliphatic heterocycles. The van der Waals surface area contributed by atoms with E-state index in [0.717, 1.165) is 25.9 Å². The summed E-state index contributed by atoms with van der Waals surface area (Å²) in [7, 11) is 0. The molecular formula is C17H25N5O2S2. The second-order valence-corrected chi connectivity index (χ2v) is 10.2. The third-order valence-corrected chi connectivity index (χ3v) is 6.50. The Kier molecular flexibility index (Phi) is 5.67. The van der Waals surface area contributed by atoms with E-state index in [0.29, 0.717) is 15.0 Å². The van der Waals surface area contributed by atoms with Crippen LogP contribution in [0.15, 0.2) is 9.13 Å². The average Bonchev–Trinajstić information content (AvgIpc) is 2.79. The van der Waals surface area contributed by atoms with E-state index in [1.54, 1.807) is 0 Å². The van der Waals surface area contributed by atoms with E-state index in [1.807, 2.05) is 32.6 Å². The van der Waals surface area contributed by atoms with Gasteiger partial charge in [-0.05, 0) is 19.8 Å². The van der Waals surface area contributed by atoms with E-state index in [9.17, 15) is 9.59 Å². The Morgan fingerprint density at radius 3 is 2.42 bits per heavy atom. The number of thioether (sulfide) groups is 1. The highest BCUT2D eigenvalue weighted by Gasteiger charge is 2.26. The maximum absolute atomic E-state index is 12.7. The van der Waals surface area contributed by atoms with Crippen molar-refractivity contribution in [3.05, 3.63) is 16.0 Å². The Morgan fingerprint density at radius 2 is 1.81 bits per heavy atom. The Balaban J connectivity index is 1.79. The van der Waals surface area contributed by atoms with E-state index in [1.165, 1.54) is 40.5 Å². The molecule has 0 aliphatic carbocycles. The quantitative estimate of drug-likeness (QED) is 0.744. The van der Waals surface area contributed by atoms with Crippen LogP contribution in [0.1, 0.15) is 59.1 Å². The summed E-state index contributed by atoms with van der Waals surface area (Å²) in [6.07, 6.45) is 4.54. The SMILES string of the molecule is CC(Sc1nn2c(=O)c(C(C)(C)C)nnc2s1)C(=O)N1CCCCCC1. The number of amides is 1. The normalized spacial score (nSPS) is 17.3. The molecule has 26 heavy (non-hydrogen) atoms. The maximum atomic E-state index is 12.7. The number of likely N-dealkylation sites (tertiary alicyclic amines) is 1. The van der Waals surface area contributed by atoms with Gasteiger partial charge in [0.1, 0.15) is 5.69 Å². The first-order valence-electron chi connectivity index (χ1n) is 9.00. The summed E-state index contributed by atoms with van der Waals surface area (Å²) in [5, 5.41) is 12.4. The van der Waals surface area contributed by atoms with E-state index < -0.39 is 5.41 Å². The van der Waals surface area contributed by atoms with Gasteiger partial charge < -0.3 is 4.90 Å². The summed E-state index contributed by atoms with van der Waals surface area (Å²) >= 11 is 2.69. The topological polar surface area (TPSA) is 80.5 Å². The van der Waals surface area contributed by atoms with Gasteiger partial charge in [0.15, 0.2) is 4.34 Å². The van der Waals surface area contributed by atoms with E-state index in [-0.39, 0.29) is 16.7 Å². The molecule has 0 radical (unpaired) electrons. The van der Waals surface area contributed by atoms with Crippen molar-refractivity contribution in [2.75, 3.05) is 13.1 Å². The Labute approximate surface area is 161 Å². The largest absolute Gasteiger partial charge is 0.342 e. The molecule has 2 aromatic rings. The fourth-order valence-corrected chi connectivity index (χ4v) is 5.07. The predicted molar refractivity (Wildman–Crippen MR) is 104 cm³/mol. The molecule has 1 amide bonds. The van der Waals surface area contributed by atoms with Crippen molar-refractivity contribution in [1.29, 1.82) is 0 Å². The second-order valence-electron chi connectivity index (χ2n) is 7.67. The smallest absolute Gasteiger partial charge is 0.297 e. The minimum atomic E-state index is -0.391. The van der Waals surface area contributed by atoms with Crippen molar-refractivity contribution in [2.24, 2.45) is 0 Å². The molecule has 1 aliphatic rings. The molecule has 0 N–H and O–H groups in total. The van der Waals surface area contributed by atoms with Crippen molar-refractivity contribution >= 4 is 34.0 Å². The highest BCUT2D eigenvalue weighted by Crippen LogP contribution is 2.29. The molecular weight excluding hydrogens is 370 g/mol. The molecule has 1 atom stereocenters. The summed E-state index contributed by atoms with van der Waals surface area (Å²) in [5.41, 5.74) is -0.235. The van der Waals surface area contributed by atoms with E-state index in [4.69, 9.17) is 0 Å². The first-order valence-corrected chi connectivity index (χ1v) is 10.7. The van der Waals surface area contributed by atoms with Crippen LogP contribution in [0.3, 0.4) is 0 Å². The minimum Gasteiger partial charge on any atom is -0.342 e. The van der Waals surface area contributed by atoms with Crippen LogP contribution in [-0.2, 0) is 10.2 Å². The Morgan fingerprint density at radius 1 is 1.15 bits per heavy atom. The molecule has 1 fully saturated rings. The number of aromatic nitrogens is 4. The second kappa shape index (κ2) is 7.64. The fraction of sp³-hybridized carbons (Fsp3) is 0.706. The van der Waals surface area contributed by atoms with Gasteiger partial charge in [-0.15, -0.1) is 15.3 Å². The fourth-order valence-electron chi connectivity index (χ4n) is 2.97. The van der Waals surface area contributed by atoms with Gasteiger partial charge in [0, 0.05) is 18.5 Å². The third kappa shape index (κ3) is 4.09. The van der Waals surface area contributed by atoms with Crippen LogP contribution in [-0.4, -0.2) is 49.0 Å². The van der Waals surface area contributed by atoms with E-state index >= 15 is 0 Å². The predicted octanol–water partition coefficient (Wildman–Crippen LogP) is 2.73. The van der Waals surface area contributed by atoms with Gasteiger partial charge in [0.05, 0.1) is 5.25 Å². The summed E-state index contributed by atoms with van der Waals surface area (Å²) in [6.45, 7) is 9.35. The summed E-state index contributed by atoms with van der Waals surface area (Å²) in [6, 6.07) is 0. The van der Waals surface area contributed by atoms with Gasteiger partial charge in [-0.25, -0.2) is 0 Å². The van der Waals surface area contributed by atoms with Crippen molar-refractivity contribution in [3.8, 4) is 0 Å². The molecule has 9 heteroatoms. The van der Waals surface area contributed by atoms with Gasteiger partial charge >= 0.3 is 0 Å². The molecule has 1 unspecified atom stereocenters. The van der Waals surface area contributed by atoms with Crippen molar-refractivity contribution < 1.29 is 4.79 Å². The number of carbonyl (C=O) groups is 1. The van der Waals surface area contributed by atoms with Crippen LogP contribution in [0.25, 0.3) is 4.96 Å². The Bertz CT molecular complexity index is 847. The van der Waals surface area contributed by atoms with Crippen LogP contribution in [0.2, 0.25) is 0 Å². The lowest BCUT2D eigenvalue weighted by atomic mass is 9.93. The number of hydrogen-bond donors (Lipinski definition) is 0. The lowest BCUT2D eigenvalue weighted by Crippen LogP contribution is -2.37. The number of fused-ring (bicyclic) bond motifs is 1. The molecule has 2 aromatic heterocycles. The van der Waals surface area contributed by atoms with Crippen molar-refractivity contribution in [3.63, 3.8) is 0 Å². The first kappa shape index (κ1) is 19.3. The van der Waals surface area contributed by atoms with Gasteiger partial charge in [-0.1, -0.05) is 56.7 Å². The third-order valence-electron chi connectivity index (χ3n) is 4.43. The highest BCUT2D eigenvalue weighted by atomic mass is 32.2. The maximum Gasteiger partial charge on any atom is 0.297 e. The molecule has 0 spiro atoms. The number of hydrogen-bond acceptors (Lipinski definition) is 7. The number of nitrogens with zero attached hydrogens (tertiary/aromatic N) is 5. The highest BCUT2D eigenvalue weighted by molar-refractivity contribution is 8.02. The molecule has 142 valence electrons. The van der Waals surface area contributed by atoms with Crippen LogP contribution < -0.4 is 5.56 Å². The first-order chi connectivity index (χ1) is 12.3. The van der Waals surface area contributed by atoms with Crippen LogP contribution in [0, 0.1) is 0 Å². The van der Waals surface area contributed by atoms with Gasteiger partial charge in [-0.3, -0.25) is 9.59 Å². The van der Waals surface area contributed by atoms with Gasteiger partial charge in [-0.2, -0.15) is 4.52 Å². The lowest BCUT2D eigenvalue weighted by Gasteiger charge is -2.23. The van der Waals surface area contributed by atoms with Crippen molar-refractivity contribution in [1.82, 2.24) is 24.7 Å². The monoisotopic (exact) mass is 395 g/mol. The summed E-state index contributed by atoms with van der Waals surface area (Å²) in [5.74, 6) is 0.143. The van der Waals surface area contributed by atoms with Crippen molar-refractivity contribution in [2.45, 2.75) is 68.4 Å². The Hall–Kier alpha value is -1.48. The zero-order valence-electron chi connectivity index (χ0n) is 15.7. The van der Waals surface area contributed by atoms with Gasteiger partial charge in [0.2, 0.25) is 10.9 Å². The molecule has 3 rings (SSSR count). The lowest BCUT2D eigenvalue weighted by molar-refractivity contribution is -0.130. The average molecular weight is 396 g/mol. The van der Waals surface area contributed by atoms with E-state index in [2.05, 4.69) is 15.3 Å². The van der Waals surface area contributed by atoms with Crippen LogP contribution >= 0.6 is 23.1 Å². The minimum absolute atomic E-state index is 0.143. The number of carbonyl (C=O) groups excluding carboxylic acids is 1. The zero-order chi connectivity index (χ0) is 18.9. The molecule has 1 saturated heterocycles. The molecule has 3 heterocycles. The van der Waals surface area contributed by atoms with Gasteiger partial charge in [0.25, 0.3) is 5.56 Å².